The maximum atomic E-state index is 11.8. The van der Waals surface area contributed by atoms with E-state index in [0.717, 1.165) is 30.0 Å². The largest absolute Gasteiger partial charge is 0.484 e. The molecule has 2 bridgehead atoms. The number of hydrogen-bond donors (Lipinski definition) is 0. The van der Waals surface area contributed by atoms with Crippen LogP contribution in [-0.4, -0.2) is 47.8 Å². The Morgan fingerprint density at radius 3 is 2.85 bits per heavy atom. The number of likely N-dealkylation sites (N-methyl/N-ethyl adjacent to an activating group) is 1. The van der Waals surface area contributed by atoms with Crippen LogP contribution in [0.1, 0.15) is 31.4 Å². The highest BCUT2D eigenvalue weighted by Crippen LogP contribution is 2.62. The minimum atomic E-state index is -0.392. The van der Waals surface area contributed by atoms with Crippen molar-refractivity contribution in [1.29, 1.82) is 0 Å². The minimum absolute atomic E-state index is 0.0467. The lowest BCUT2D eigenvalue weighted by molar-refractivity contribution is -0.152. The first kappa shape index (κ1) is 17.3. The van der Waals surface area contributed by atoms with Gasteiger partial charge in [0.15, 0.2) is 11.2 Å². The lowest BCUT2D eigenvalue weighted by atomic mass is 9.53. The molecule has 0 amide bonds. The molecule has 2 heterocycles. The van der Waals surface area contributed by atoms with Crippen molar-refractivity contribution in [3.63, 3.8) is 0 Å². The van der Waals surface area contributed by atoms with Crippen LogP contribution in [-0.2, 0) is 26.2 Å². The summed E-state index contributed by atoms with van der Waals surface area (Å²) in [5, 5.41) is 0.0467. The second-order valence-corrected chi connectivity index (χ2v) is 9.31. The second-order valence-electron chi connectivity index (χ2n) is 8.09. The van der Waals surface area contributed by atoms with E-state index in [0.29, 0.717) is 12.0 Å². The van der Waals surface area contributed by atoms with Crippen LogP contribution in [0, 0.1) is 5.92 Å². The summed E-state index contributed by atoms with van der Waals surface area (Å²) in [7, 11) is 2.19. The van der Waals surface area contributed by atoms with Gasteiger partial charge >= 0.3 is 5.97 Å². The fourth-order valence-corrected chi connectivity index (χ4v) is 6.43. The topological polar surface area (TPSA) is 55.8 Å². The van der Waals surface area contributed by atoms with Gasteiger partial charge in [-0.25, -0.2) is 0 Å². The van der Waals surface area contributed by atoms with Crippen molar-refractivity contribution in [2.75, 3.05) is 13.6 Å². The summed E-state index contributed by atoms with van der Waals surface area (Å²) >= 11 is 1.22. The van der Waals surface area contributed by atoms with Crippen molar-refractivity contribution >= 4 is 22.8 Å². The molecule has 0 radical (unpaired) electrons. The number of thioether (sulfide) groups is 1. The van der Waals surface area contributed by atoms with E-state index in [1.807, 2.05) is 12.1 Å². The zero-order valence-corrected chi connectivity index (χ0v) is 16.5. The van der Waals surface area contributed by atoms with Crippen molar-refractivity contribution in [3.8, 4) is 5.75 Å². The zero-order chi connectivity index (χ0) is 18.9. The van der Waals surface area contributed by atoms with E-state index in [-0.39, 0.29) is 22.6 Å². The Bertz CT molecular complexity index is 881. The van der Waals surface area contributed by atoms with Crippen molar-refractivity contribution in [1.82, 2.24) is 4.90 Å². The predicted molar refractivity (Wildman–Crippen MR) is 102 cm³/mol. The number of piperidine rings is 1. The zero-order valence-electron chi connectivity index (χ0n) is 15.7. The highest BCUT2D eigenvalue weighted by atomic mass is 32.2. The summed E-state index contributed by atoms with van der Waals surface area (Å²) < 4.78 is 12.2. The molecule has 27 heavy (non-hydrogen) atoms. The Balaban J connectivity index is 1.71. The molecular formula is C21H23NO4S. The normalized spacial score (nSPS) is 35.4. The SMILES string of the molecule is CC(=O)O[C@H]1C=C[C@@H]2[C@H]3Cc4ccc(SC(C)=O)c5c4[C@@]2(CCN3C)[C@H]1O5. The molecule has 0 saturated carbocycles. The van der Waals surface area contributed by atoms with Gasteiger partial charge in [-0.05, 0) is 55.9 Å². The van der Waals surface area contributed by atoms with Gasteiger partial charge in [0, 0.05) is 36.8 Å². The minimum Gasteiger partial charge on any atom is -0.484 e. The molecule has 5 rings (SSSR count). The van der Waals surface area contributed by atoms with Gasteiger partial charge in [0.25, 0.3) is 0 Å². The molecule has 4 aliphatic rings. The molecule has 0 N–H and O–H groups in total. The van der Waals surface area contributed by atoms with Crippen LogP contribution < -0.4 is 4.74 Å². The monoisotopic (exact) mass is 385 g/mol. The third kappa shape index (κ3) is 2.29. The molecule has 1 fully saturated rings. The molecule has 0 aromatic heterocycles. The van der Waals surface area contributed by atoms with Gasteiger partial charge in [0.05, 0.1) is 4.90 Å². The average molecular weight is 385 g/mol. The van der Waals surface area contributed by atoms with Crippen LogP contribution in [0.15, 0.2) is 29.2 Å². The van der Waals surface area contributed by atoms with Gasteiger partial charge in [0.1, 0.15) is 11.9 Å². The maximum absolute atomic E-state index is 11.8. The standard InChI is InChI=1S/C21H23NO4S/c1-11(23)25-16-6-5-14-15-10-13-4-7-17(27-12(2)24)19-18(13)21(14,20(16)26-19)8-9-22(15)3/h4-7,14-16,20H,8-10H2,1-3H3/t14-,15-,16+,20+,21+/m1/s1. The number of likely N-dealkylation sites (tertiary alicyclic amines) is 1. The van der Waals surface area contributed by atoms with Gasteiger partial charge < -0.3 is 14.4 Å². The van der Waals surface area contributed by atoms with Crippen LogP contribution in [0.2, 0.25) is 0 Å². The van der Waals surface area contributed by atoms with Gasteiger partial charge in [0.2, 0.25) is 0 Å². The molecular weight excluding hydrogens is 362 g/mol. The molecule has 5 atom stereocenters. The van der Waals surface area contributed by atoms with E-state index >= 15 is 0 Å². The average Bonchev–Trinajstić information content (AvgIpc) is 2.95. The summed E-state index contributed by atoms with van der Waals surface area (Å²) in [6.07, 6.45) is 5.58. The predicted octanol–water partition coefficient (Wildman–Crippen LogP) is 2.70. The Labute approximate surface area is 163 Å². The van der Waals surface area contributed by atoms with Crippen LogP contribution in [0.3, 0.4) is 0 Å². The molecule has 6 heteroatoms. The first-order chi connectivity index (χ1) is 12.9. The summed E-state index contributed by atoms with van der Waals surface area (Å²) in [6, 6.07) is 4.60. The molecule has 1 aromatic rings. The molecule has 1 spiro atoms. The summed E-state index contributed by atoms with van der Waals surface area (Å²) in [5.41, 5.74) is 2.39. The van der Waals surface area contributed by atoms with Gasteiger partial charge in [-0.15, -0.1) is 0 Å². The molecule has 2 aliphatic heterocycles. The van der Waals surface area contributed by atoms with Crippen molar-refractivity contribution in [3.05, 3.63) is 35.4 Å². The van der Waals surface area contributed by atoms with Gasteiger partial charge in [-0.1, -0.05) is 12.1 Å². The van der Waals surface area contributed by atoms with Crippen LogP contribution in [0.25, 0.3) is 0 Å². The first-order valence-corrected chi connectivity index (χ1v) is 10.3. The fourth-order valence-electron chi connectivity index (χ4n) is 5.74. The van der Waals surface area contributed by atoms with E-state index in [9.17, 15) is 9.59 Å². The highest BCUT2D eigenvalue weighted by molar-refractivity contribution is 8.13. The van der Waals surface area contributed by atoms with E-state index in [1.165, 1.54) is 29.8 Å². The molecule has 0 unspecified atom stereocenters. The highest BCUT2D eigenvalue weighted by Gasteiger charge is 2.64. The van der Waals surface area contributed by atoms with E-state index in [1.54, 1.807) is 6.92 Å². The molecule has 5 nitrogen and oxygen atoms in total. The fraction of sp³-hybridized carbons (Fsp3) is 0.524. The van der Waals surface area contributed by atoms with E-state index in [4.69, 9.17) is 9.47 Å². The third-order valence-corrected chi connectivity index (χ3v) is 7.50. The number of hydrogen-bond acceptors (Lipinski definition) is 6. The smallest absolute Gasteiger partial charge is 0.303 e. The number of rotatable bonds is 2. The van der Waals surface area contributed by atoms with Crippen molar-refractivity contribution in [2.45, 2.75) is 55.2 Å². The Kier molecular flexibility index (Phi) is 3.75. The Morgan fingerprint density at radius 1 is 1.30 bits per heavy atom. The van der Waals surface area contributed by atoms with Crippen LogP contribution in [0.5, 0.6) is 5.75 Å². The third-order valence-electron chi connectivity index (χ3n) is 6.67. The number of esters is 1. The number of benzene rings is 1. The summed E-state index contributed by atoms with van der Waals surface area (Å²) in [6.45, 7) is 4.01. The Morgan fingerprint density at radius 2 is 2.11 bits per heavy atom. The van der Waals surface area contributed by atoms with Crippen LogP contribution >= 0.6 is 11.8 Å². The summed E-state index contributed by atoms with van der Waals surface area (Å²) in [5.74, 6) is 0.879. The van der Waals surface area contributed by atoms with Crippen molar-refractivity contribution < 1.29 is 19.1 Å². The molecule has 1 aromatic carbocycles. The molecule has 142 valence electrons. The lowest BCUT2D eigenvalue weighted by Crippen LogP contribution is -2.65. The number of carbonyl (C=O) groups excluding carboxylic acids is 2. The van der Waals surface area contributed by atoms with Crippen LogP contribution in [0.4, 0.5) is 0 Å². The van der Waals surface area contributed by atoms with Gasteiger partial charge in [-0.3, -0.25) is 9.59 Å². The summed E-state index contributed by atoms with van der Waals surface area (Å²) in [4.78, 5) is 26.8. The number of carbonyl (C=O) groups is 2. The van der Waals surface area contributed by atoms with E-state index in [2.05, 4.69) is 24.1 Å². The number of ether oxygens (including phenoxy) is 2. The lowest BCUT2D eigenvalue weighted by Gasteiger charge is -2.56. The van der Waals surface area contributed by atoms with Crippen molar-refractivity contribution in [2.24, 2.45) is 5.92 Å². The molecule has 1 saturated heterocycles. The molecule has 2 aliphatic carbocycles. The quantitative estimate of drug-likeness (QED) is 0.443. The second kappa shape index (κ2) is 5.85. The Hall–Kier alpha value is -1.79. The number of nitrogens with zero attached hydrogens (tertiary/aromatic N) is 1. The van der Waals surface area contributed by atoms with Gasteiger partial charge in [-0.2, -0.15) is 0 Å². The maximum Gasteiger partial charge on any atom is 0.303 e. The van der Waals surface area contributed by atoms with E-state index < -0.39 is 6.10 Å². The first-order valence-electron chi connectivity index (χ1n) is 9.49.